The topological polar surface area (TPSA) is 41.5 Å². The third-order valence-electron chi connectivity index (χ3n) is 2.48. The van der Waals surface area contributed by atoms with Gasteiger partial charge in [-0.15, -0.1) is 0 Å². The van der Waals surface area contributed by atoms with Gasteiger partial charge in [0.2, 0.25) is 0 Å². The number of benzene rings is 1. The van der Waals surface area contributed by atoms with Crippen LogP contribution in [0.2, 0.25) is 0 Å². The first-order chi connectivity index (χ1) is 7.58. The number of ether oxygens (including phenoxy) is 1. The molecule has 2 atom stereocenters. The Morgan fingerprint density at radius 3 is 2.69 bits per heavy atom. The second-order valence-corrected chi connectivity index (χ2v) is 3.87. The van der Waals surface area contributed by atoms with Crippen LogP contribution in [0.4, 0.5) is 4.39 Å². The fourth-order valence-corrected chi connectivity index (χ4v) is 1.52. The Balaban J connectivity index is 2.79. The van der Waals surface area contributed by atoms with E-state index in [0.717, 1.165) is 5.56 Å². The standard InChI is InChI=1S/C12H18FNO2/c1-8(7-15)14-9(2)10-4-5-11(13)12(6-10)16-3/h4-6,8-9,14-15H,7H2,1-3H3/t8-,9?/m0/s1. The molecular weight excluding hydrogens is 209 g/mol. The normalized spacial score (nSPS) is 14.6. The summed E-state index contributed by atoms with van der Waals surface area (Å²) < 4.78 is 18.1. The van der Waals surface area contributed by atoms with Crippen LogP contribution in [0.3, 0.4) is 0 Å². The first kappa shape index (κ1) is 12.9. The van der Waals surface area contributed by atoms with E-state index in [1.165, 1.54) is 13.2 Å². The summed E-state index contributed by atoms with van der Waals surface area (Å²) >= 11 is 0. The number of hydrogen-bond acceptors (Lipinski definition) is 3. The lowest BCUT2D eigenvalue weighted by molar-refractivity contribution is 0.243. The van der Waals surface area contributed by atoms with Crippen LogP contribution >= 0.6 is 0 Å². The molecular formula is C12H18FNO2. The number of methoxy groups -OCH3 is 1. The largest absolute Gasteiger partial charge is 0.494 e. The quantitative estimate of drug-likeness (QED) is 0.806. The van der Waals surface area contributed by atoms with Crippen molar-refractivity contribution in [3.05, 3.63) is 29.6 Å². The van der Waals surface area contributed by atoms with Gasteiger partial charge in [0.25, 0.3) is 0 Å². The zero-order chi connectivity index (χ0) is 12.1. The first-order valence-corrected chi connectivity index (χ1v) is 5.28. The van der Waals surface area contributed by atoms with Crippen molar-refractivity contribution in [2.75, 3.05) is 13.7 Å². The van der Waals surface area contributed by atoms with E-state index in [4.69, 9.17) is 9.84 Å². The summed E-state index contributed by atoms with van der Waals surface area (Å²) in [6.45, 7) is 3.92. The molecule has 16 heavy (non-hydrogen) atoms. The Labute approximate surface area is 95.2 Å². The molecule has 0 fully saturated rings. The van der Waals surface area contributed by atoms with E-state index in [9.17, 15) is 4.39 Å². The Morgan fingerprint density at radius 2 is 2.12 bits per heavy atom. The van der Waals surface area contributed by atoms with Crippen molar-refractivity contribution < 1.29 is 14.2 Å². The minimum absolute atomic E-state index is 0.00560. The molecule has 0 bridgehead atoms. The number of hydrogen-bond donors (Lipinski definition) is 2. The maximum Gasteiger partial charge on any atom is 0.165 e. The molecule has 0 aliphatic rings. The Morgan fingerprint density at radius 1 is 1.44 bits per heavy atom. The number of aliphatic hydroxyl groups excluding tert-OH is 1. The third kappa shape index (κ3) is 3.18. The summed E-state index contributed by atoms with van der Waals surface area (Å²) in [5.41, 5.74) is 0.929. The average Bonchev–Trinajstić information content (AvgIpc) is 2.29. The summed E-state index contributed by atoms with van der Waals surface area (Å²) in [6, 6.07) is 4.80. The van der Waals surface area contributed by atoms with Gasteiger partial charge in [-0.1, -0.05) is 6.07 Å². The van der Waals surface area contributed by atoms with Gasteiger partial charge in [0, 0.05) is 12.1 Å². The van der Waals surface area contributed by atoms with Gasteiger partial charge in [-0.05, 0) is 31.5 Å². The van der Waals surface area contributed by atoms with Crippen molar-refractivity contribution in [2.24, 2.45) is 0 Å². The van der Waals surface area contributed by atoms with E-state index in [2.05, 4.69) is 5.32 Å². The van der Waals surface area contributed by atoms with Crippen LogP contribution in [0.15, 0.2) is 18.2 Å². The van der Waals surface area contributed by atoms with Gasteiger partial charge in [0.05, 0.1) is 13.7 Å². The summed E-state index contributed by atoms with van der Waals surface area (Å²) in [5, 5.41) is 12.1. The van der Waals surface area contributed by atoms with Crippen molar-refractivity contribution in [3.8, 4) is 5.75 Å². The molecule has 1 rings (SSSR count). The Bertz CT molecular complexity index is 344. The Hall–Kier alpha value is -1.13. The molecule has 1 aromatic rings. The van der Waals surface area contributed by atoms with Gasteiger partial charge >= 0.3 is 0 Å². The highest BCUT2D eigenvalue weighted by Gasteiger charge is 2.11. The van der Waals surface area contributed by atoms with Crippen LogP contribution < -0.4 is 10.1 Å². The van der Waals surface area contributed by atoms with E-state index >= 15 is 0 Å². The lowest BCUT2D eigenvalue weighted by Gasteiger charge is -2.19. The molecule has 1 aromatic carbocycles. The fraction of sp³-hybridized carbons (Fsp3) is 0.500. The first-order valence-electron chi connectivity index (χ1n) is 5.28. The predicted molar refractivity (Wildman–Crippen MR) is 61.1 cm³/mol. The molecule has 0 saturated heterocycles. The molecule has 0 aliphatic heterocycles. The maximum atomic E-state index is 13.2. The molecule has 1 unspecified atom stereocenters. The fourth-order valence-electron chi connectivity index (χ4n) is 1.52. The second-order valence-electron chi connectivity index (χ2n) is 3.87. The highest BCUT2D eigenvalue weighted by molar-refractivity contribution is 5.31. The van der Waals surface area contributed by atoms with Crippen molar-refractivity contribution in [3.63, 3.8) is 0 Å². The third-order valence-corrected chi connectivity index (χ3v) is 2.48. The highest BCUT2D eigenvalue weighted by atomic mass is 19.1. The van der Waals surface area contributed by atoms with E-state index in [1.54, 1.807) is 12.1 Å². The molecule has 0 saturated carbocycles. The smallest absolute Gasteiger partial charge is 0.165 e. The minimum atomic E-state index is -0.367. The van der Waals surface area contributed by atoms with Gasteiger partial charge in [0.1, 0.15) is 0 Å². The maximum absolute atomic E-state index is 13.2. The lowest BCUT2D eigenvalue weighted by atomic mass is 10.1. The second kappa shape index (κ2) is 5.82. The molecule has 0 aromatic heterocycles. The van der Waals surface area contributed by atoms with Gasteiger partial charge in [0.15, 0.2) is 11.6 Å². The average molecular weight is 227 g/mol. The zero-order valence-electron chi connectivity index (χ0n) is 9.83. The Kier molecular flexibility index (Phi) is 4.71. The molecule has 90 valence electrons. The lowest BCUT2D eigenvalue weighted by Crippen LogP contribution is -2.31. The van der Waals surface area contributed by atoms with Crippen LogP contribution in [-0.4, -0.2) is 24.9 Å². The molecule has 0 spiro atoms. The molecule has 0 aliphatic carbocycles. The van der Waals surface area contributed by atoms with Gasteiger partial charge in [-0.25, -0.2) is 4.39 Å². The molecule has 4 heteroatoms. The van der Waals surface area contributed by atoms with Crippen LogP contribution in [0, 0.1) is 5.82 Å². The molecule has 3 nitrogen and oxygen atoms in total. The number of rotatable bonds is 5. The van der Waals surface area contributed by atoms with E-state index in [1.807, 2.05) is 13.8 Å². The van der Waals surface area contributed by atoms with Gasteiger partial charge in [-0.3, -0.25) is 0 Å². The van der Waals surface area contributed by atoms with Crippen molar-refractivity contribution in [2.45, 2.75) is 25.9 Å². The highest BCUT2D eigenvalue weighted by Crippen LogP contribution is 2.22. The summed E-state index contributed by atoms with van der Waals surface area (Å²) in [7, 11) is 1.44. The molecule has 0 radical (unpaired) electrons. The van der Waals surface area contributed by atoms with Crippen LogP contribution in [0.25, 0.3) is 0 Å². The van der Waals surface area contributed by atoms with Crippen molar-refractivity contribution in [1.82, 2.24) is 5.32 Å². The monoisotopic (exact) mass is 227 g/mol. The number of nitrogens with one attached hydrogen (secondary N) is 1. The van der Waals surface area contributed by atoms with Gasteiger partial charge < -0.3 is 15.2 Å². The summed E-state index contributed by atoms with van der Waals surface area (Å²) in [6.07, 6.45) is 0. The zero-order valence-corrected chi connectivity index (χ0v) is 9.83. The van der Waals surface area contributed by atoms with E-state index in [-0.39, 0.29) is 30.3 Å². The molecule has 0 heterocycles. The number of aliphatic hydroxyl groups is 1. The molecule has 2 N–H and O–H groups in total. The van der Waals surface area contributed by atoms with Crippen molar-refractivity contribution in [1.29, 1.82) is 0 Å². The summed E-state index contributed by atoms with van der Waals surface area (Å²) in [4.78, 5) is 0. The van der Waals surface area contributed by atoms with Gasteiger partial charge in [-0.2, -0.15) is 0 Å². The van der Waals surface area contributed by atoms with Crippen LogP contribution in [0.5, 0.6) is 5.75 Å². The van der Waals surface area contributed by atoms with Crippen LogP contribution in [0.1, 0.15) is 25.5 Å². The van der Waals surface area contributed by atoms with E-state index < -0.39 is 0 Å². The SMILES string of the molecule is COc1cc(C(C)N[C@@H](C)CO)ccc1F. The molecule has 0 amide bonds. The minimum Gasteiger partial charge on any atom is -0.494 e. The van der Waals surface area contributed by atoms with Crippen molar-refractivity contribution >= 4 is 0 Å². The van der Waals surface area contributed by atoms with Crippen LogP contribution in [-0.2, 0) is 0 Å². The summed E-state index contributed by atoms with van der Waals surface area (Å²) in [5.74, 6) is -0.128. The predicted octanol–water partition coefficient (Wildman–Crippen LogP) is 1.87. The number of halogens is 1. The van der Waals surface area contributed by atoms with E-state index in [0.29, 0.717) is 0 Å².